The second kappa shape index (κ2) is 5.13. The van der Waals surface area contributed by atoms with E-state index in [0.29, 0.717) is 4.13 Å². The molecule has 12 heavy (non-hydrogen) atoms. The summed E-state index contributed by atoms with van der Waals surface area (Å²) >= 11 is 0. The van der Waals surface area contributed by atoms with E-state index >= 15 is 0 Å². The Labute approximate surface area is 81.1 Å². The Hall–Kier alpha value is 0.317. The normalized spacial score (nSPS) is 12.2. The van der Waals surface area contributed by atoms with Crippen LogP contribution >= 0.6 is 0 Å². The third-order valence-electron chi connectivity index (χ3n) is 0.572. The van der Waals surface area contributed by atoms with Crippen LogP contribution in [0.25, 0.3) is 0 Å². The molecule has 0 amide bonds. The Morgan fingerprint density at radius 3 is 1.83 bits per heavy atom. The first-order valence-electron chi connectivity index (χ1n) is 2.29. The van der Waals surface area contributed by atoms with Gasteiger partial charge in [-0.1, -0.05) is 8.01 Å². The van der Waals surface area contributed by atoms with Crippen molar-refractivity contribution in [3.05, 3.63) is 0 Å². The van der Waals surface area contributed by atoms with Gasteiger partial charge < -0.3 is 0 Å². The monoisotopic (exact) mass is 217 g/mol. The average molecular weight is 217 g/mol. The van der Waals surface area contributed by atoms with Gasteiger partial charge in [0, 0.05) is 0 Å². The van der Waals surface area contributed by atoms with Crippen LogP contribution < -0.4 is 4.13 Å². The topological polar surface area (TPSA) is 80.3 Å². The molecule has 5 nitrogen and oxygen atoms in total. The minimum absolute atomic E-state index is 0. The number of alkyl halides is 1. The molecule has 0 unspecified atom stereocenters. The molecule has 1 N–H and O–H groups in total. The summed E-state index contributed by atoms with van der Waals surface area (Å²) < 4.78 is 63.4. The van der Waals surface area contributed by atoms with Gasteiger partial charge in [0.1, 0.15) is 6.67 Å². The summed E-state index contributed by atoms with van der Waals surface area (Å²) in [5, 5.41) is 0. The molecule has 0 rings (SSSR count). The van der Waals surface area contributed by atoms with E-state index in [9.17, 15) is 25.1 Å². The Morgan fingerprint density at radius 1 is 1.17 bits per heavy atom. The summed E-state index contributed by atoms with van der Waals surface area (Å²) in [5.74, 6) is -1.07. The molecule has 0 atom stereocenters. The van der Waals surface area contributed by atoms with Crippen molar-refractivity contribution < 1.29 is 25.1 Å². The maximum absolute atomic E-state index is 11.6. The number of rotatable bonds is 4. The van der Waals surface area contributed by atoms with E-state index in [1.165, 1.54) is 0 Å². The fourth-order valence-corrected chi connectivity index (χ4v) is 2.04. The molecular formula is C2H6F2LiNO4S2. The van der Waals surface area contributed by atoms with Crippen molar-refractivity contribution in [3.8, 4) is 0 Å². The zero-order valence-electron chi connectivity index (χ0n) is 5.12. The van der Waals surface area contributed by atoms with Crippen molar-refractivity contribution in [2.24, 2.45) is 0 Å². The molecule has 10 heteroatoms. The van der Waals surface area contributed by atoms with Crippen LogP contribution in [0.4, 0.5) is 8.28 Å². The summed E-state index contributed by atoms with van der Waals surface area (Å²) in [7, 11) is -9.69. The molecule has 0 saturated carbocycles. The maximum atomic E-state index is 11.6. The van der Waals surface area contributed by atoms with Crippen LogP contribution in [0, 0.1) is 0 Å². The van der Waals surface area contributed by atoms with Gasteiger partial charge in [-0.05, 0) is 0 Å². The Kier molecular flexibility index (Phi) is 6.34. The number of halogens is 2. The summed E-state index contributed by atoms with van der Waals surface area (Å²) in [6, 6.07) is 0. The van der Waals surface area contributed by atoms with Crippen LogP contribution in [0.1, 0.15) is 0 Å². The zero-order chi connectivity index (χ0) is 9.12. The molecule has 0 radical (unpaired) electrons. The molecule has 0 bridgehead atoms. The van der Waals surface area contributed by atoms with Gasteiger partial charge in [-0.25, -0.2) is 12.8 Å². The second-order valence-electron chi connectivity index (χ2n) is 1.53. The van der Waals surface area contributed by atoms with Crippen molar-refractivity contribution in [1.29, 1.82) is 0 Å². The van der Waals surface area contributed by atoms with Gasteiger partial charge in [0.15, 0.2) is 0 Å². The molecule has 0 heterocycles. The fourth-order valence-electron chi connectivity index (χ4n) is 0.295. The molecule has 70 valence electrons. The quantitative estimate of drug-likeness (QED) is 0.456. The van der Waals surface area contributed by atoms with Gasteiger partial charge in [-0.15, -0.1) is 0 Å². The summed E-state index contributed by atoms with van der Waals surface area (Å²) in [6.07, 6.45) is 0. The van der Waals surface area contributed by atoms with Gasteiger partial charge in [-0.3, -0.25) is 0 Å². The minimum atomic E-state index is -5.31. The van der Waals surface area contributed by atoms with Gasteiger partial charge in [0.2, 0.25) is 10.0 Å². The van der Waals surface area contributed by atoms with Gasteiger partial charge in [-0.2, -0.15) is 8.42 Å². The Bertz CT molecular complexity index is 310. The Morgan fingerprint density at radius 2 is 1.58 bits per heavy atom. The van der Waals surface area contributed by atoms with E-state index in [4.69, 9.17) is 0 Å². The second-order valence-corrected chi connectivity index (χ2v) is 4.71. The summed E-state index contributed by atoms with van der Waals surface area (Å²) in [5.41, 5.74) is 0. The number of hydrogen-bond donors (Lipinski definition) is 1. The Balaban J connectivity index is 0. The molecule has 0 aromatic heterocycles. The molecule has 0 aliphatic rings. The molecule has 0 fully saturated rings. The number of hydrogen-bond acceptors (Lipinski definition) is 4. The van der Waals surface area contributed by atoms with Crippen LogP contribution in [-0.4, -0.2) is 48.1 Å². The molecule has 0 saturated heterocycles. The van der Waals surface area contributed by atoms with E-state index < -0.39 is 32.9 Å². The van der Waals surface area contributed by atoms with Crippen molar-refractivity contribution in [1.82, 2.24) is 4.13 Å². The molecule has 0 spiro atoms. The standard InChI is InChI=1S/C2H5F2NO4S2.Li.H/c3-1-2-10(6,7)5-11(4,8)9;;/h5H,1-2H2;;. The first kappa shape index (κ1) is 14.8. The molecular weight excluding hydrogens is 211 g/mol. The molecule has 0 aromatic carbocycles. The van der Waals surface area contributed by atoms with E-state index in [0.717, 1.165) is 0 Å². The summed E-state index contributed by atoms with van der Waals surface area (Å²) in [6.45, 7) is -1.27. The van der Waals surface area contributed by atoms with Crippen LogP contribution in [0.2, 0.25) is 0 Å². The predicted molar refractivity (Wildman–Crippen MR) is 40.1 cm³/mol. The van der Waals surface area contributed by atoms with Crippen LogP contribution in [0.5, 0.6) is 0 Å². The molecule has 0 aliphatic carbocycles. The van der Waals surface area contributed by atoms with Gasteiger partial charge in [0.05, 0.1) is 5.75 Å². The first-order valence-corrected chi connectivity index (χ1v) is 5.32. The van der Waals surface area contributed by atoms with E-state index in [1.807, 2.05) is 0 Å². The van der Waals surface area contributed by atoms with E-state index in [1.54, 1.807) is 0 Å². The molecule has 0 aromatic rings. The predicted octanol–water partition coefficient (Wildman–Crippen LogP) is -1.56. The number of sulfonamides is 1. The third-order valence-corrected chi connectivity index (χ3v) is 3.08. The zero-order valence-corrected chi connectivity index (χ0v) is 6.75. The average Bonchev–Trinajstić information content (AvgIpc) is 1.55. The van der Waals surface area contributed by atoms with Crippen LogP contribution in [-0.2, 0) is 20.4 Å². The van der Waals surface area contributed by atoms with Crippen molar-refractivity contribution >= 4 is 39.3 Å². The van der Waals surface area contributed by atoms with Crippen LogP contribution in [0.15, 0.2) is 0 Å². The SMILES string of the molecule is O=S(=O)(F)NS(=O)(=O)CCF.[LiH]. The van der Waals surface area contributed by atoms with Gasteiger partial charge in [0.25, 0.3) is 0 Å². The van der Waals surface area contributed by atoms with E-state index in [2.05, 4.69) is 0 Å². The summed E-state index contributed by atoms with van der Waals surface area (Å²) in [4.78, 5) is 0. The van der Waals surface area contributed by atoms with Crippen molar-refractivity contribution in [3.63, 3.8) is 0 Å². The van der Waals surface area contributed by atoms with E-state index in [-0.39, 0.29) is 18.9 Å². The fraction of sp³-hybridized carbons (Fsp3) is 1.00. The van der Waals surface area contributed by atoms with Gasteiger partial charge >= 0.3 is 29.3 Å². The number of nitrogens with one attached hydrogen (secondary N) is 1. The molecule has 0 aliphatic heterocycles. The van der Waals surface area contributed by atoms with Crippen molar-refractivity contribution in [2.75, 3.05) is 12.4 Å². The first-order chi connectivity index (χ1) is 4.77. The van der Waals surface area contributed by atoms with Crippen LogP contribution in [0.3, 0.4) is 0 Å². The third kappa shape index (κ3) is 8.41. The van der Waals surface area contributed by atoms with Crippen molar-refractivity contribution in [2.45, 2.75) is 0 Å².